The first-order chi connectivity index (χ1) is 5.69. The smallest absolute Gasteiger partial charge is 0.125 e. The molecule has 1 aliphatic heterocycles. The van der Waals surface area contributed by atoms with Gasteiger partial charge in [0, 0.05) is 21.8 Å². The number of rotatable bonds is 0. The summed E-state index contributed by atoms with van der Waals surface area (Å²) in [6.45, 7) is 4.28. The fourth-order valence-electron chi connectivity index (χ4n) is 1.90. The highest BCUT2D eigenvalue weighted by Gasteiger charge is 2.58. The number of hydrogen-bond acceptors (Lipinski definition) is 3. The lowest BCUT2D eigenvalue weighted by Crippen LogP contribution is -1.93. The Morgan fingerprint density at radius 2 is 2.50 bits per heavy atom. The summed E-state index contributed by atoms with van der Waals surface area (Å²) in [4.78, 5) is 10.00. The minimum Gasteiger partial charge on any atom is -0.241 e. The van der Waals surface area contributed by atoms with E-state index in [1.54, 1.807) is 0 Å². The summed E-state index contributed by atoms with van der Waals surface area (Å²) in [5.41, 5.74) is 1.30. The van der Waals surface area contributed by atoms with Gasteiger partial charge in [-0.3, -0.25) is 0 Å². The lowest BCUT2D eigenvalue weighted by molar-refractivity contribution is 0.884. The first-order valence-electron chi connectivity index (χ1n) is 4.22. The van der Waals surface area contributed by atoms with Crippen molar-refractivity contribution < 1.29 is 0 Å². The highest BCUT2D eigenvalue weighted by Crippen LogP contribution is 2.68. The predicted octanol–water partition coefficient (Wildman–Crippen LogP) is 2.14. The van der Waals surface area contributed by atoms with Crippen LogP contribution in [0.15, 0.2) is 11.1 Å². The predicted molar refractivity (Wildman–Crippen MR) is 48.4 cm³/mol. The van der Waals surface area contributed by atoms with Crippen molar-refractivity contribution in [2.45, 2.75) is 35.8 Å². The van der Waals surface area contributed by atoms with Crippen LogP contribution in [0.3, 0.4) is 0 Å². The van der Waals surface area contributed by atoms with Gasteiger partial charge in [-0.15, -0.1) is 11.8 Å². The molecule has 1 aromatic heterocycles. The average Bonchev–Trinajstić information content (AvgIpc) is 2.60. The van der Waals surface area contributed by atoms with Gasteiger partial charge in [0.1, 0.15) is 5.82 Å². The van der Waals surface area contributed by atoms with Crippen molar-refractivity contribution in [3.8, 4) is 0 Å². The van der Waals surface area contributed by atoms with Gasteiger partial charge in [-0.2, -0.15) is 0 Å². The Morgan fingerprint density at radius 3 is 3.33 bits per heavy atom. The van der Waals surface area contributed by atoms with Crippen LogP contribution >= 0.6 is 11.8 Å². The van der Waals surface area contributed by atoms with Crippen LogP contribution in [-0.4, -0.2) is 14.7 Å². The maximum Gasteiger partial charge on any atom is 0.125 e. The van der Waals surface area contributed by atoms with Crippen LogP contribution in [0.1, 0.15) is 30.8 Å². The third kappa shape index (κ3) is 0.724. The highest BCUT2D eigenvalue weighted by atomic mass is 32.2. The maximum absolute atomic E-state index is 4.49. The van der Waals surface area contributed by atoms with E-state index in [0.29, 0.717) is 4.75 Å². The Kier molecular flexibility index (Phi) is 1.06. The van der Waals surface area contributed by atoms with E-state index in [1.165, 1.54) is 17.0 Å². The van der Waals surface area contributed by atoms with Gasteiger partial charge in [0.05, 0.1) is 5.69 Å². The first kappa shape index (κ1) is 6.89. The Morgan fingerprint density at radius 1 is 1.67 bits per heavy atom. The molecule has 1 fully saturated rings. The van der Waals surface area contributed by atoms with E-state index < -0.39 is 0 Å². The third-order valence-electron chi connectivity index (χ3n) is 2.76. The highest BCUT2D eigenvalue weighted by molar-refractivity contribution is 8.01. The fourth-order valence-corrected chi connectivity index (χ4v) is 3.31. The standard InChI is InChI=1S/C9H10N2S/c1-5-10-4-7-8(11-5)6-3-9(6,2)12-7/h4,6H,3H2,1-2H3. The van der Waals surface area contributed by atoms with Gasteiger partial charge >= 0.3 is 0 Å². The topological polar surface area (TPSA) is 25.8 Å². The van der Waals surface area contributed by atoms with Crippen molar-refractivity contribution in [2.75, 3.05) is 0 Å². The summed E-state index contributed by atoms with van der Waals surface area (Å²) in [6.07, 6.45) is 3.28. The molecule has 62 valence electrons. The molecule has 0 aromatic carbocycles. The molecule has 1 aromatic rings. The average molecular weight is 178 g/mol. The molecular weight excluding hydrogens is 168 g/mol. The van der Waals surface area contributed by atoms with E-state index in [4.69, 9.17) is 0 Å². The van der Waals surface area contributed by atoms with Crippen molar-refractivity contribution in [3.63, 3.8) is 0 Å². The van der Waals surface area contributed by atoms with E-state index >= 15 is 0 Å². The molecule has 3 rings (SSSR count). The van der Waals surface area contributed by atoms with Crippen LogP contribution in [-0.2, 0) is 0 Å². The summed E-state index contributed by atoms with van der Waals surface area (Å²) in [6, 6.07) is 0. The van der Waals surface area contributed by atoms with Crippen molar-refractivity contribution in [1.29, 1.82) is 0 Å². The largest absolute Gasteiger partial charge is 0.241 e. The molecule has 2 nitrogen and oxygen atoms in total. The van der Waals surface area contributed by atoms with E-state index in [2.05, 4.69) is 16.9 Å². The molecule has 2 heterocycles. The molecular formula is C9H10N2S. The number of nitrogens with zero attached hydrogens (tertiary/aromatic N) is 2. The van der Waals surface area contributed by atoms with Crippen molar-refractivity contribution >= 4 is 11.8 Å². The summed E-state index contributed by atoms with van der Waals surface area (Å²) in [5.74, 6) is 1.63. The lowest BCUT2D eigenvalue weighted by atomic mass is 10.2. The second-order valence-electron chi connectivity index (χ2n) is 3.84. The maximum atomic E-state index is 4.49. The molecule has 0 saturated heterocycles. The van der Waals surface area contributed by atoms with Crippen molar-refractivity contribution in [1.82, 2.24) is 9.97 Å². The monoisotopic (exact) mass is 178 g/mol. The van der Waals surface area contributed by atoms with Crippen LogP contribution in [0.5, 0.6) is 0 Å². The van der Waals surface area contributed by atoms with Crippen molar-refractivity contribution in [3.05, 3.63) is 17.7 Å². The molecule has 12 heavy (non-hydrogen) atoms. The van der Waals surface area contributed by atoms with Crippen LogP contribution in [0.2, 0.25) is 0 Å². The molecule has 3 heteroatoms. The number of hydrogen-bond donors (Lipinski definition) is 0. The van der Waals surface area contributed by atoms with Gasteiger partial charge < -0.3 is 0 Å². The fraction of sp³-hybridized carbons (Fsp3) is 0.556. The second-order valence-corrected chi connectivity index (χ2v) is 5.41. The van der Waals surface area contributed by atoms with Crippen molar-refractivity contribution in [2.24, 2.45) is 0 Å². The molecule has 1 aliphatic carbocycles. The summed E-state index contributed by atoms with van der Waals surface area (Å²) >= 11 is 1.95. The van der Waals surface area contributed by atoms with E-state index in [0.717, 1.165) is 11.7 Å². The molecule has 0 radical (unpaired) electrons. The van der Waals surface area contributed by atoms with Crippen LogP contribution in [0.25, 0.3) is 0 Å². The summed E-state index contributed by atoms with van der Waals surface area (Å²) < 4.78 is 0.477. The normalized spacial score (nSPS) is 36.0. The number of aromatic nitrogens is 2. The van der Waals surface area contributed by atoms with Gasteiger partial charge in [0.25, 0.3) is 0 Å². The van der Waals surface area contributed by atoms with Gasteiger partial charge in [0.15, 0.2) is 0 Å². The van der Waals surface area contributed by atoms with Gasteiger partial charge in [-0.25, -0.2) is 9.97 Å². The quantitative estimate of drug-likeness (QED) is 0.608. The first-order valence-corrected chi connectivity index (χ1v) is 5.03. The molecule has 0 spiro atoms. The van der Waals surface area contributed by atoms with Gasteiger partial charge in [0.2, 0.25) is 0 Å². The minimum absolute atomic E-state index is 0.477. The Bertz CT molecular complexity index is 364. The van der Waals surface area contributed by atoms with Crippen LogP contribution in [0, 0.1) is 6.92 Å². The SMILES string of the molecule is Cc1ncc2c(n1)C1CC1(C)S2. The Labute approximate surface area is 75.8 Å². The van der Waals surface area contributed by atoms with Gasteiger partial charge in [-0.05, 0) is 20.3 Å². The van der Waals surface area contributed by atoms with Gasteiger partial charge in [-0.1, -0.05) is 0 Å². The molecule has 2 atom stereocenters. The Hall–Kier alpha value is -0.570. The lowest BCUT2D eigenvalue weighted by Gasteiger charge is -2.01. The summed E-state index contributed by atoms with van der Waals surface area (Å²) in [5, 5.41) is 0. The Balaban J connectivity index is 2.16. The molecule has 1 saturated carbocycles. The molecule has 0 N–H and O–H groups in total. The number of thioether (sulfide) groups is 1. The van der Waals surface area contributed by atoms with Crippen LogP contribution < -0.4 is 0 Å². The summed E-state index contributed by atoms with van der Waals surface area (Å²) in [7, 11) is 0. The molecule has 2 unspecified atom stereocenters. The zero-order chi connectivity index (χ0) is 8.34. The van der Waals surface area contributed by atoms with E-state index in [-0.39, 0.29) is 0 Å². The zero-order valence-corrected chi connectivity index (χ0v) is 7.98. The van der Waals surface area contributed by atoms with E-state index in [9.17, 15) is 0 Å². The van der Waals surface area contributed by atoms with Crippen LogP contribution in [0.4, 0.5) is 0 Å². The molecule has 0 bridgehead atoms. The second kappa shape index (κ2) is 1.84. The zero-order valence-electron chi connectivity index (χ0n) is 7.16. The number of aryl methyl sites for hydroxylation is 1. The molecule has 2 aliphatic rings. The van der Waals surface area contributed by atoms with E-state index in [1.807, 2.05) is 24.9 Å². The minimum atomic E-state index is 0.477. The number of fused-ring (bicyclic) bond motifs is 3. The third-order valence-corrected chi connectivity index (χ3v) is 4.21. The molecule has 0 amide bonds.